The Kier molecular flexibility index (Phi) is 8.26. The lowest BCUT2D eigenvalue weighted by Gasteiger charge is -2.18. The maximum absolute atomic E-state index is 12.8. The van der Waals surface area contributed by atoms with Crippen LogP contribution in [0.3, 0.4) is 0 Å². The average Bonchev–Trinajstić information content (AvgIpc) is 3.46. The van der Waals surface area contributed by atoms with Gasteiger partial charge in [0.1, 0.15) is 13.2 Å². The number of hydrogen-bond acceptors (Lipinski definition) is 6. The normalized spacial score (nSPS) is 16.9. The van der Waals surface area contributed by atoms with Crippen LogP contribution in [0.1, 0.15) is 30.9 Å². The molecule has 35 heavy (non-hydrogen) atoms. The summed E-state index contributed by atoms with van der Waals surface area (Å²) in [5, 5.41) is 0.476. The van der Waals surface area contributed by atoms with Crippen LogP contribution in [0.25, 0.3) is 6.08 Å². The lowest BCUT2D eigenvalue weighted by atomic mass is 10.1. The van der Waals surface area contributed by atoms with Gasteiger partial charge >= 0.3 is 0 Å². The highest BCUT2D eigenvalue weighted by molar-refractivity contribution is 8.18. The van der Waals surface area contributed by atoms with Gasteiger partial charge in [-0.15, -0.1) is 0 Å². The number of amides is 3. The number of rotatable bonds is 8. The van der Waals surface area contributed by atoms with Crippen LogP contribution in [0, 0.1) is 0 Å². The molecule has 0 aliphatic carbocycles. The van der Waals surface area contributed by atoms with E-state index in [0.29, 0.717) is 46.8 Å². The Morgan fingerprint density at radius 1 is 1.03 bits per heavy atom. The molecule has 0 aromatic heterocycles. The first-order valence-corrected chi connectivity index (χ1v) is 12.8. The first kappa shape index (κ1) is 25.4. The van der Waals surface area contributed by atoms with Gasteiger partial charge in [-0.05, 0) is 73.0 Å². The van der Waals surface area contributed by atoms with Crippen molar-refractivity contribution in [3.05, 3.63) is 62.5 Å². The summed E-state index contributed by atoms with van der Waals surface area (Å²) in [7, 11) is 0. The van der Waals surface area contributed by atoms with Crippen LogP contribution in [-0.2, 0) is 16.2 Å². The summed E-state index contributed by atoms with van der Waals surface area (Å²) in [6.07, 6.45) is 3.52. The molecule has 2 fully saturated rings. The van der Waals surface area contributed by atoms with Crippen molar-refractivity contribution >= 4 is 58.1 Å². The molecule has 184 valence electrons. The van der Waals surface area contributed by atoms with Crippen LogP contribution in [-0.4, -0.2) is 53.1 Å². The molecular weight excluding hydrogens is 511 g/mol. The van der Waals surface area contributed by atoms with E-state index in [-0.39, 0.29) is 24.0 Å². The van der Waals surface area contributed by atoms with Gasteiger partial charge in [0, 0.05) is 13.1 Å². The maximum atomic E-state index is 12.8. The van der Waals surface area contributed by atoms with Crippen LogP contribution >= 0.6 is 35.0 Å². The quantitative estimate of drug-likeness (QED) is 0.408. The molecule has 0 saturated carbocycles. The third-order valence-electron chi connectivity index (χ3n) is 5.57. The van der Waals surface area contributed by atoms with E-state index in [1.54, 1.807) is 41.3 Å². The number of halogens is 2. The SMILES string of the molecule is CCOc1cc(/C=C2\SC(=O)N(CC(=O)N3CCCC3)C2=O)ccc1OCc1ccc(Cl)c(Cl)c1. The van der Waals surface area contributed by atoms with Crippen molar-refractivity contribution in [3.8, 4) is 11.5 Å². The molecule has 2 saturated heterocycles. The Morgan fingerprint density at radius 2 is 1.80 bits per heavy atom. The number of likely N-dealkylation sites (tertiary alicyclic amines) is 1. The molecule has 0 N–H and O–H groups in total. The second-order valence-corrected chi connectivity index (χ2v) is 9.84. The number of carbonyl (C=O) groups excluding carboxylic acids is 3. The fraction of sp³-hybridized carbons (Fsp3) is 0.320. The second-order valence-electron chi connectivity index (χ2n) is 8.03. The van der Waals surface area contributed by atoms with Crippen LogP contribution in [0.2, 0.25) is 10.0 Å². The highest BCUT2D eigenvalue weighted by Crippen LogP contribution is 2.35. The van der Waals surface area contributed by atoms with Crippen molar-refractivity contribution in [2.24, 2.45) is 0 Å². The van der Waals surface area contributed by atoms with Gasteiger partial charge in [0.2, 0.25) is 5.91 Å². The monoisotopic (exact) mass is 534 g/mol. The van der Waals surface area contributed by atoms with E-state index < -0.39 is 11.1 Å². The van der Waals surface area contributed by atoms with E-state index in [9.17, 15) is 14.4 Å². The molecule has 3 amide bonds. The van der Waals surface area contributed by atoms with Crippen LogP contribution in [0.4, 0.5) is 4.79 Å². The summed E-state index contributed by atoms with van der Waals surface area (Å²) in [5.74, 6) is 0.364. The van der Waals surface area contributed by atoms with E-state index in [1.807, 2.05) is 13.0 Å². The largest absolute Gasteiger partial charge is 0.490 e. The number of benzene rings is 2. The Morgan fingerprint density at radius 3 is 2.51 bits per heavy atom. The summed E-state index contributed by atoms with van der Waals surface area (Å²) in [6.45, 7) is 3.66. The van der Waals surface area contributed by atoms with E-state index in [0.717, 1.165) is 35.1 Å². The minimum Gasteiger partial charge on any atom is -0.490 e. The molecule has 10 heteroatoms. The summed E-state index contributed by atoms with van der Waals surface area (Å²) in [6, 6.07) is 10.5. The number of nitrogens with zero attached hydrogens (tertiary/aromatic N) is 2. The van der Waals surface area contributed by atoms with E-state index in [4.69, 9.17) is 32.7 Å². The zero-order chi connectivity index (χ0) is 24.9. The Balaban J connectivity index is 1.47. The van der Waals surface area contributed by atoms with Crippen molar-refractivity contribution < 1.29 is 23.9 Å². The molecule has 0 spiro atoms. The molecule has 7 nitrogen and oxygen atoms in total. The minimum atomic E-state index is -0.467. The second kappa shape index (κ2) is 11.4. The standard InChI is InChI=1S/C25H24Cl2N2O5S/c1-2-33-21-12-16(6-8-20(21)34-15-17-5-7-18(26)19(27)11-17)13-22-24(31)29(25(32)35-22)14-23(30)28-9-3-4-10-28/h5-8,11-13H,2-4,9-10,14-15H2,1H3/b22-13-. The third-order valence-corrected chi connectivity index (χ3v) is 7.22. The predicted molar refractivity (Wildman–Crippen MR) is 137 cm³/mol. The highest BCUT2D eigenvalue weighted by Gasteiger charge is 2.37. The fourth-order valence-electron chi connectivity index (χ4n) is 3.78. The Labute approximate surface area is 217 Å². The first-order chi connectivity index (χ1) is 16.9. The molecule has 0 radical (unpaired) electrons. The summed E-state index contributed by atoms with van der Waals surface area (Å²) >= 11 is 12.9. The maximum Gasteiger partial charge on any atom is 0.294 e. The Bertz CT molecular complexity index is 1180. The number of hydrogen-bond donors (Lipinski definition) is 0. The number of ether oxygens (including phenoxy) is 2. The van der Waals surface area contributed by atoms with E-state index >= 15 is 0 Å². The zero-order valence-corrected chi connectivity index (χ0v) is 21.4. The van der Waals surface area contributed by atoms with E-state index in [2.05, 4.69) is 0 Å². The summed E-state index contributed by atoms with van der Waals surface area (Å²) in [5.41, 5.74) is 1.52. The molecule has 2 aromatic carbocycles. The molecule has 2 aliphatic heterocycles. The molecule has 2 heterocycles. The van der Waals surface area contributed by atoms with Crippen LogP contribution in [0.5, 0.6) is 11.5 Å². The van der Waals surface area contributed by atoms with Crippen molar-refractivity contribution in [3.63, 3.8) is 0 Å². The van der Waals surface area contributed by atoms with Crippen LogP contribution in [0.15, 0.2) is 41.3 Å². The summed E-state index contributed by atoms with van der Waals surface area (Å²) in [4.78, 5) is 40.6. The van der Waals surface area contributed by atoms with Gasteiger partial charge in [-0.1, -0.05) is 35.3 Å². The Hall–Kier alpha value is -2.68. The smallest absolute Gasteiger partial charge is 0.294 e. The van der Waals surface area contributed by atoms with Gasteiger partial charge in [0.25, 0.3) is 11.1 Å². The van der Waals surface area contributed by atoms with Gasteiger partial charge in [0.15, 0.2) is 11.5 Å². The summed E-state index contributed by atoms with van der Waals surface area (Å²) < 4.78 is 11.7. The number of thioether (sulfide) groups is 1. The topological polar surface area (TPSA) is 76.2 Å². The highest BCUT2D eigenvalue weighted by atomic mass is 35.5. The van der Waals surface area contributed by atoms with Gasteiger partial charge in [-0.25, -0.2) is 0 Å². The van der Waals surface area contributed by atoms with Gasteiger partial charge < -0.3 is 14.4 Å². The molecule has 2 aliphatic rings. The molecule has 0 unspecified atom stereocenters. The lowest BCUT2D eigenvalue weighted by molar-refractivity contribution is -0.135. The van der Waals surface area contributed by atoms with Crippen LogP contribution < -0.4 is 9.47 Å². The van der Waals surface area contributed by atoms with Gasteiger partial charge in [-0.2, -0.15) is 0 Å². The minimum absolute atomic E-state index is 0.201. The van der Waals surface area contributed by atoms with Crippen molar-refractivity contribution in [2.75, 3.05) is 26.2 Å². The predicted octanol–water partition coefficient (Wildman–Crippen LogP) is 5.63. The van der Waals surface area contributed by atoms with Crippen molar-refractivity contribution in [2.45, 2.75) is 26.4 Å². The lowest BCUT2D eigenvalue weighted by Crippen LogP contribution is -2.40. The first-order valence-electron chi connectivity index (χ1n) is 11.2. The molecule has 0 bridgehead atoms. The molecule has 0 atom stereocenters. The molecule has 2 aromatic rings. The van der Waals surface area contributed by atoms with E-state index in [1.165, 1.54) is 0 Å². The molecule has 4 rings (SSSR count). The number of carbonyl (C=O) groups is 3. The number of imide groups is 1. The third kappa shape index (κ3) is 6.12. The van der Waals surface area contributed by atoms with Gasteiger partial charge in [0.05, 0.1) is 21.6 Å². The fourth-order valence-corrected chi connectivity index (χ4v) is 4.94. The van der Waals surface area contributed by atoms with Crippen molar-refractivity contribution in [1.29, 1.82) is 0 Å². The van der Waals surface area contributed by atoms with Crippen molar-refractivity contribution in [1.82, 2.24) is 9.80 Å². The van der Waals surface area contributed by atoms with Gasteiger partial charge in [-0.3, -0.25) is 19.3 Å². The molecular formula is C25H24Cl2N2O5S. The zero-order valence-electron chi connectivity index (χ0n) is 19.1. The average molecular weight is 535 g/mol.